The number of carbonyl (C=O) groups is 3. The number of likely N-dealkylation sites (tertiary alicyclic amines) is 1. The molecule has 2 heterocycles. The van der Waals surface area contributed by atoms with Crippen LogP contribution in [0.4, 0.5) is 4.79 Å². The van der Waals surface area contributed by atoms with Crippen molar-refractivity contribution in [2.45, 2.75) is 18.4 Å². The minimum absolute atomic E-state index is 0.0813. The monoisotopic (exact) mass is 303 g/mol. The Morgan fingerprint density at radius 1 is 1.18 bits per heavy atom. The van der Waals surface area contributed by atoms with Crippen molar-refractivity contribution in [1.29, 1.82) is 0 Å². The molecule has 116 valence electrons. The lowest BCUT2D eigenvalue weighted by atomic mass is 9.87. The third-order valence-corrected chi connectivity index (χ3v) is 4.26. The quantitative estimate of drug-likeness (QED) is 0.779. The van der Waals surface area contributed by atoms with Gasteiger partial charge in [-0.05, 0) is 37.1 Å². The first-order valence-electron chi connectivity index (χ1n) is 7.11. The molecule has 0 atom stereocenters. The number of hydrogen-bond acceptors (Lipinski definition) is 4. The third-order valence-electron chi connectivity index (χ3n) is 4.26. The Morgan fingerprint density at radius 2 is 1.82 bits per heavy atom. The Hall–Kier alpha value is -2.57. The summed E-state index contributed by atoms with van der Waals surface area (Å²) in [7, 11) is 1.57. The number of urea groups is 1. The molecule has 0 bridgehead atoms. The number of ether oxygens (including phenoxy) is 1. The molecular weight excluding hydrogens is 286 g/mol. The summed E-state index contributed by atoms with van der Waals surface area (Å²) in [6, 6.07) is 6.46. The fourth-order valence-corrected chi connectivity index (χ4v) is 2.89. The second-order valence-electron chi connectivity index (χ2n) is 5.51. The summed E-state index contributed by atoms with van der Waals surface area (Å²) in [5.41, 5.74) is -0.273. The molecule has 2 aliphatic heterocycles. The van der Waals surface area contributed by atoms with Crippen molar-refractivity contribution in [3.63, 3.8) is 0 Å². The Morgan fingerprint density at radius 3 is 2.32 bits per heavy atom. The summed E-state index contributed by atoms with van der Waals surface area (Å²) in [5.74, 6) is 0.316. The first-order valence-corrected chi connectivity index (χ1v) is 7.11. The lowest BCUT2D eigenvalue weighted by Crippen LogP contribution is -2.55. The Kier molecular flexibility index (Phi) is 3.48. The van der Waals surface area contributed by atoms with E-state index in [2.05, 4.69) is 10.6 Å². The number of nitrogens with zero attached hydrogens (tertiary/aromatic N) is 1. The standard InChI is InChI=1S/C15H17N3O4/c1-22-11-4-2-10(3-5-11)12(19)18-8-6-15(7-9-18)13(20)16-14(21)17-15/h2-5H,6-9H2,1H3,(H2,16,17,20,21). The summed E-state index contributed by atoms with van der Waals surface area (Å²) in [6.45, 7) is 0.858. The number of carbonyl (C=O) groups excluding carboxylic acids is 3. The molecule has 0 saturated carbocycles. The minimum atomic E-state index is -0.853. The average Bonchev–Trinajstić information content (AvgIpc) is 2.81. The number of rotatable bonds is 2. The van der Waals surface area contributed by atoms with Gasteiger partial charge in [0.05, 0.1) is 7.11 Å². The van der Waals surface area contributed by atoms with Gasteiger partial charge in [-0.15, -0.1) is 0 Å². The van der Waals surface area contributed by atoms with E-state index in [9.17, 15) is 14.4 Å². The topological polar surface area (TPSA) is 87.7 Å². The smallest absolute Gasteiger partial charge is 0.322 e. The van der Waals surface area contributed by atoms with Crippen LogP contribution in [0.5, 0.6) is 5.75 Å². The molecule has 2 fully saturated rings. The number of benzene rings is 1. The van der Waals surface area contributed by atoms with Crippen LogP contribution in [0.2, 0.25) is 0 Å². The molecule has 2 aliphatic rings. The van der Waals surface area contributed by atoms with Crippen LogP contribution in [0, 0.1) is 0 Å². The van der Waals surface area contributed by atoms with Gasteiger partial charge in [0.2, 0.25) is 0 Å². The molecular formula is C15H17N3O4. The van der Waals surface area contributed by atoms with Crippen LogP contribution >= 0.6 is 0 Å². The van der Waals surface area contributed by atoms with E-state index in [1.165, 1.54) is 0 Å². The molecule has 0 radical (unpaired) electrons. The van der Waals surface area contributed by atoms with Gasteiger partial charge in [-0.25, -0.2) is 4.79 Å². The maximum atomic E-state index is 12.4. The van der Waals surface area contributed by atoms with Crippen molar-refractivity contribution < 1.29 is 19.1 Å². The second-order valence-corrected chi connectivity index (χ2v) is 5.51. The number of methoxy groups -OCH3 is 1. The minimum Gasteiger partial charge on any atom is -0.497 e. The van der Waals surface area contributed by atoms with Gasteiger partial charge >= 0.3 is 6.03 Å². The van der Waals surface area contributed by atoms with E-state index in [-0.39, 0.29) is 11.8 Å². The van der Waals surface area contributed by atoms with Crippen LogP contribution in [-0.2, 0) is 4.79 Å². The van der Waals surface area contributed by atoms with Crippen LogP contribution in [0.3, 0.4) is 0 Å². The number of imide groups is 1. The number of nitrogens with one attached hydrogen (secondary N) is 2. The highest BCUT2D eigenvalue weighted by Gasteiger charge is 2.48. The van der Waals surface area contributed by atoms with Crippen LogP contribution in [0.25, 0.3) is 0 Å². The third kappa shape index (κ3) is 2.38. The van der Waals surface area contributed by atoms with Crippen molar-refractivity contribution in [2.24, 2.45) is 0 Å². The molecule has 1 aromatic rings. The summed E-state index contributed by atoms with van der Waals surface area (Å²) in [4.78, 5) is 37.3. The van der Waals surface area contributed by atoms with Gasteiger partial charge in [-0.3, -0.25) is 14.9 Å². The van der Waals surface area contributed by atoms with Gasteiger partial charge < -0.3 is 15.0 Å². The zero-order chi connectivity index (χ0) is 15.7. The molecule has 4 amide bonds. The SMILES string of the molecule is COc1ccc(C(=O)N2CCC3(CC2)NC(=O)NC3=O)cc1. The Labute approximate surface area is 127 Å². The molecule has 7 heteroatoms. The number of hydrogen-bond donors (Lipinski definition) is 2. The molecule has 0 unspecified atom stereocenters. The molecule has 1 spiro atoms. The highest BCUT2D eigenvalue weighted by atomic mass is 16.5. The van der Waals surface area contributed by atoms with Crippen molar-refractivity contribution in [3.8, 4) is 5.75 Å². The maximum Gasteiger partial charge on any atom is 0.322 e. The predicted octanol–water partition coefficient (Wildman–Crippen LogP) is 0.509. The van der Waals surface area contributed by atoms with E-state index in [4.69, 9.17) is 4.74 Å². The molecule has 2 N–H and O–H groups in total. The number of amides is 4. The summed E-state index contributed by atoms with van der Waals surface area (Å²) >= 11 is 0. The second kappa shape index (κ2) is 5.32. The van der Waals surface area contributed by atoms with E-state index >= 15 is 0 Å². The molecule has 0 aromatic heterocycles. The molecule has 3 rings (SSSR count). The lowest BCUT2D eigenvalue weighted by Gasteiger charge is -2.37. The molecule has 22 heavy (non-hydrogen) atoms. The van der Waals surface area contributed by atoms with Gasteiger partial charge in [0.15, 0.2) is 0 Å². The van der Waals surface area contributed by atoms with Crippen molar-refractivity contribution in [2.75, 3.05) is 20.2 Å². The van der Waals surface area contributed by atoms with Gasteiger partial charge in [-0.2, -0.15) is 0 Å². The first-order chi connectivity index (χ1) is 10.5. The zero-order valence-corrected chi connectivity index (χ0v) is 12.2. The fourth-order valence-electron chi connectivity index (χ4n) is 2.89. The molecule has 1 aromatic carbocycles. The summed E-state index contributed by atoms with van der Waals surface area (Å²) in [5, 5.41) is 4.94. The average molecular weight is 303 g/mol. The van der Waals surface area contributed by atoms with E-state index in [0.717, 1.165) is 0 Å². The van der Waals surface area contributed by atoms with Crippen molar-refractivity contribution in [3.05, 3.63) is 29.8 Å². The van der Waals surface area contributed by atoms with Crippen LogP contribution < -0.4 is 15.4 Å². The Bertz CT molecular complexity index is 618. The van der Waals surface area contributed by atoms with Gasteiger partial charge in [0.25, 0.3) is 11.8 Å². The molecule has 7 nitrogen and oxygen atoms in total. The first kappa shape index (κ1) is 14.4. The van der Waals surface area contributed by atoms with Gasteiger partial charge in [0.1, 0.15) is 11.3 Å². The highest BCUT2D eigenvalue weighted by Crippen LogP contribution is 2.26. The van der Waals surface area contributed by atoms with Gasteiger partial charge in [0, 0.05) is 18.7 Å². The summed E-state index contributed by atoms with van der Waals surface area (Å²) < 4.78 is 5.07. The van der Waals surface area contributed by atoms with E-state index in [0.29, 0.717) is 37.2 Å². The largest absolute Gasteiger partial charge is 0.497 e. The number of piperidine rings is 1. The van der Waals surface area contributed by atoms with Crippen LogP contribution in [-0.4, -0.2) is 48.5 Å². The van der Waals surface area contributed by atoms with E-state index < -0.39 is 11.6 Å². The van der Waals surface area contributed by atoms with Crippen molar-refractivity contribution >= 4 is 17.8 Å². The van der Waals surface area contributed by atoms with Crippen molar-refractivity contribution in [1.82, 2.24) is 15.5 Å². The summed E-state index contributed by atoms with van der Waals surface area (Å²) in [6.07, 6.45) is 0.846. The molecule has 0 aliphatic carbocycles. The van der Waals surface area contributed by atoms with E-state index in [1.54, 1.807) is 36.3 Å². The highest BCUT2D eigenvalue weighted by molar-refractivity contribution is 6.07. The van der Waals surface area contributed by atoms with Gasteiger partial charge in [-0.1, -0.05) is 0 Å². The van der Waals surface area contributed by atoms with Crippen LogP contribution in [0.1, 0.15) is 23.2 Å². The predicted molar refractivity (Wildman–Crippen MR) is 77.5 cm³/mol. The Balaban J connectivity index is 1.67. The lowest BCUT2D eigenvalue weighted by molar-refractivity contribution is -0.125. The van der Waals surface area contributed by atoms with Crippen LogP contribution in [0.15, 0.2) is 24.3 Å². The zero-order valence-electron chi connectivity index (χ0n) is 12.2. The maximum absolute atomic E-state index is 12.4. The normalized spacial score (nSPS) is 19.8. The fraction of sp³-hybridized carbons (Fsp3) is 0.400. The molecule has 2 saturated heterocycles. The van der Waals surface area contributed by atoms with E-state index in [1.807, 2.05) is 0 Å².